The molecule has 0 radical (unpaired) electrons. The third-order valence-corrected chi connectivity index (χ3v) is 19.5. The molecule has 0 aromatic rings. The van der Waals surface area contributed by atoms with Crippen molar-refractivity contribution < 1.29 is 80.2 Å². The number of carbonyl (C=O) groups is 4. The number of hydrogen-bond acceptors (Lipinski definition) is 15. The molecule has 0 aliphatic heterocycles. The van der Waals surface area contributed by atoms with Crippen LogP contribution >= 0.6 is 15.6 Å². The molecule has 0 aromatic carbocycles. The molecular weight excluding hydrogens is 1250 g/mol. The van der Waals surface area contributed by atoms with Crippen LogP contribution in [0.1, 0.15) is 389 Å². The lowest BCUT2D eigenvalue weighted by atomic mass is 10.0. The molecule has 0 aliphatic carbocycles. The quantitative estimate of drug-likeness (QED) is 0.0222. The maximum atomic E-state index is 13.1. The van der Waals surface area contributed by atoms with Crippen LogP contribution in [0.2, 0.25) is 0 Å². The molecule has 0 fully saturated rings. The first kappa shape index (κ1) is 93.1. The molecule has 0 saturated heterocycles. The molecule has 3 N–H and O–H groups in total. The highest BCUT2D eigenvalue weighted by molar-refractivity contribution is 7.47. The Morgan fingerprint density at radius 2 is 0.484 bits per heavy atom. The summed E-state index contributed by atoms with van der Waals surface area (Å²) in [5.41, 5.74) is 0. The summed E-state index contributed by atoms with van der Waals surface area (Å²) in [5, 5.41) is 10.6. The largest absolute Gasteiger partial charge is 0.472 e. The van der Waals surface area contributed by atoms with Gasteiger partial charge in [0.25, 0.3) is 0 Å². The fourth-order valence-electron chi connectivity index (χ4n) is 11.6. The Morgan fingerprint density at radius 1 is 0.284 bits per heavy atom. The average Bonchev–Trinajstić information content (AvgIpc) is 1.22. The Hall–Kier alpha value is -1.94. The number of aliphatic hydroxyl groups is 1. The van der Waals surface area contributed by atoms with Gasteiger partial charge in [0.2, 0.25) is 0 Å². The summed E-state index contributed by atoms with van der Waals surface area (Å²) in [6.45, 7) is 11.8. The summed E-state index contributed by atoms with van der Waals surface area (Å²) in [6.07, 6.45) is 52.8. The monoisotopic (exact) mass is 1400 g/mol. The van der Waals surface area contributed by atoms with Crippen LogP contribution in [0.3, 0.4) is 0 Å². The third kappa shape index (κ3) is 70.3. The number of esters is 4. The highest BCUT2D eigenvalue weighted by Gasteiger charge is 2.30. The number of rotatable bonds is 74. The first-order valence-electron chi connectivity index (χ1n) is 39.3. The van der Waals surface area contributed by atoms with Crippen molar-refractivity contribution in [3.8, 4) is 0 Å². The van der Waals surface area contributed by atoms with Gasteiger partial charge in [-0.15, -0.1) is 0 Å². The number of phosphoric ester groups is 2. The van der Waals surface area contributed by atoms with Gasteiger partial charge < -0.3 is 33.8 Å². The van der Waals surface area contributed by atoms with Crippen LogP contribution in [-0.4, -0.2) is 96.7 Å². The molecule has 0 spiro atoms. The Balaban J connectivity index is 5.24. The van der Waals surface area contributed by atoms with E-state index in [-0.39, 0.29) is 25.7 Å². The zero-order valence-corrected chi connectivity index (χ0v) is 63.9. The normalized spacial score (nSPS) is 14.1. The van der Waals surface area contributed by atoms with E-state index in [2.05, 4.69) is 48.5 Å². The van der Waals surface area contributed by atoms with E-state index in [0.29, 0.717) is 31.6 Å². The lowest BCUT2D eigenvalue weighted by Gasteiger charge is -2.21. The van der Waals surface area contributed by atoms with E-state index < -0.39 is 97.5 Å². The molecule has 0 bridgehead atoms. The van der Waals surface area contributed by atoms with E-state index in [0.717, 1.165) is 108 Å². The maximum Gasteiger partial charge on any atom is 0.472 e. The molecule has 95 heavy (non-hydrogen) atoms. The van der Waals surface area contributed by atoms with E-state index in [1.54, 1.807) is 0 Å². The minimum atomic E-state index is -4.96. The molecule has 564 valence electrons. The van der Waals surface area contributed by atoms with Crippen molar-refractivity contribution in [2.24, 2.45) is 17.8 Å². The lowest BCUT2D eigenvalue weighted by Crippen LogP contribution is -2.30. The summed E-state index contributed by atoms with van der Waals surface area (Å²) in [7, 11) is -9.91. The lowest BCUT2D eigenvalue weighted by molar-refractivity contribution is -0.161. The van der Waals surface area contributed by atoms with Crippen molar-refractivity contribution in [1.82, 2.24) is 0 Å². The van der Waals surface area contributed by atoms with E-state index in [4.69, 9.17) is 37.0 Å². The van der Waals surface area contributed by atoms with Gasteiger partial charge in [0, 0.05) is 25.7 Å². The highest BCUT2D eigenvalue weighted by Crippen LogP contribution is 2.45. The second-order valence-electron chi connectivity index (χ2n) is 28.8. The highest BCUT2D eigenvalue weighted by atomic mass is 31.2. The minimum absolute atomic E-state index is 0.104. The number of aliphatic hydroxyl groups excluding tert-OH is 1. The molecule has 0 heterocycles. The molecule has 2 unspecified atom stereocenters. The SMILES string of the molecule is CCCCCCCCCCCCCCCCCC(=O)OC[C@H](COP(=O)(O)OC[C@@H](O)COP(=O)(O)OC[C@@H](COC(=O)CCCCCCCCCC(C)C)OC(=O)CCCCCCCCCCCC(C)C)OC(=O)CCCCCCCCCCCCCCCCCC(C)C. The average molecular weight is 1400 g/mol. The van der Waals surface area contributed by atoms with Gasteiger partial charge in [-0.3, -0.25) is 37.3 Å². The van der Waals surface area contributed by atoms with Crippen LogP contribution in [0.15, 0.2) is 0 Å². The fraction of sp³-hybridized carbons (Fsp3) is 0.947. The standard InChI is InChI=1S/C76H148O17P2/c1-8-9-10-11-12-13-14-15-17-21-24-29-36-43-50-57-73(78)86-63-71(92-75(80)59-52-45-37-30-25-22-19-16-18-20-23-27-33-40-47-54-67(2)3)65-90-94(82,83)88-61-70(77)62-89-95(84,85)91-66-72(64-87-74(79)58-51-44-39-32-35-42-49-56-69(6)7)93-76(81)60-53-46-38-31-26-28-34-41-48-55-68(4)5/h67-72,77H,8-66H2,1-7H3,(H,82,83)(H,84,85)/t70-,71-,72-/m1/s1. The zero-order chi connectivity index (χ0) is 70.1. The van der Waals surface area contributed by atoms with Gasteiger partial charge in [-0.1, -0.05) is 337 Å². The predicted molar refractivity (Wildman–Crippen MR) is 386 cm³/mol. The first-order chi connectivity index (χ1) is 45.7. The van der Waals surface area contributed by atoms with Crippen molar-refractivity contribution in [2.45, 2.75) is 407 Å². The topological polar surface area (TPSA) is 237 Å². The molecule has 0 rings (SSSR count). The maximum absolute atomic E-state index is 13.1. The minimum Gasteiger partial charge on any atom is -0.462 e. The smallest absolute Gasteiger partial charge is 0.462 e. The Labute approximate surface area is 581 Å². The van der Waals surface area contributed by atoms with Crippen molar-refractivity contribution in [1.29, 1.82) is 0 Å². The van der Waals surface area contributed by atoms with Crippen molar-refractivity contribution >= 4 is 39.5 Å². The summed E-state index contributed by atoms with van der Waals surface area (Å²) >= 11 is 0. The van der Waals surface area contributed by atoms with Crippen molar-refractivity contribution in [3.63, 3.8) is 0 Å². The molecule has 17 nitrogen and oxygen atoms in total. The first-order valence-corrected chi connectivity index (χ1v) is 42.3. The van der Waals surface area contributed by atoms with E-state index in [9.17, 15) is 43.2 Å². The van der Waals surface area contributed by atoms with Crippen LogP contribution in [-0.2, 0) is 65.4 Å². The molecule has 0 saturated carbocycles. The van der Waals surface area contributed by atoms with Crippen LogP contribution in [0.25, 0.3) is 0 Å². The fourth-order valence-corrected chi connectivity index (χ4v) is 13.2. The molecular formula is C76H148O17P2. The summed E-state index contributed by atoms with van der Waals surface area (Å²) in [6, 6.07) is 0. The van der Waals surface area contributed by atoms with Gasteiger partial charge in [-0.25, -0.2) is 9.13 Å². The Morgan fingerprint density at radius 3 is 0.716 bits per heavy atom. The van der Waals surface area contributed by atoms with Crippen LogP contribution in [0.5, 0.6) is 0 Å². The summed E-state index contributed by atoms with van der Waals surface area (Å²) in [4.78, 5) is 72.8. The van der Waals surface area contributed by atoms with E-state index >= 15 is 0 Å². The zero-order valence-electron chi connectivity index (χ0n) is 62.1. The van der Waals surface area contributed by atoms with Crippen molar-refractivity contribution in [2.75, 3.05) is 39.6 Å². The third-order valence-electron chi connectivity index (χ3n) is 17.6. The number of carbonyl (C=O) groups excluding carboxylic acids is 4. The predicted octanol–water partition coefficient (Wildman–Crippen LogP) is 22.2. The van der Waals surface area contributed by atoms with Crippen LogP contribution in [0.4, 0.5) is 0 Å². The van der Waals surface area contributed by atoms with Gasteiger partial charge in [0.1, 0.15) is 19.3 Å². The van der Waals surface area contributed by atoms with Crippen LogP contribution in [0, 0.1) is 17.8 Å². The second-order valence-corrected chi connectivity index (χ2v) is 31.7. The van der Waals surface area contributed by atoms with Gasteiger partial charge in [0.05, 0.1) is 26.4 Å². The second kappa shape index (κ2) is 66.6. The van der Waals surface area contributed by atoms with Gasteiger partial charge in [-0.2, -0.15) is 0 Å². The van der Waals surface area contributed by atoms with Gasteiger partial charge >= 0.3 is 39.5 Å². The number of phosphoric acid groups is 2. The summed E-state index contributed by atoms with van der Waals surface area (Å²) < 4.78 is 68.5. The van der Waals surface area contributed by atoms with Crippen LogP contribution < -0.4 is 0 Å². The number of ether oxygens (including phenoxy) is 4. The molecule has 0 aromatic heterocycles. The van der Waals surface area contributed by atoms with E-state index in [1.165, 1.54) is 193 Å². The van der Waals surface area contributed by atoms with Gasteiger partial charge in [-0.05, 0) is 43.4 Å². The Bertz CT molecular complexity index is 1850. The van der Waals surface area contributed by atoms with Gasteiger partial charge in [0.15, 0.2) is 12.2 Å². The molecule has 19 heteroatoms. The number of unbranched alkanes of at least 4 members (excludes halogenated alkanes) is 42. The number of hydrogen-bond donors (Lipinski definition) is 3. The van der Waals surface area contributed by atoms with Crippen molar-refractivity contribution in [3.05, 3.63) is 0 Å². The molecule has 0 amide bonds. The molecule has 5 atom stereocenters. The molecule has 0 aliphatic rings. The Kier molecular flexibility index (Phi) is 65.2. The summed E-state index contributed by atoms with van der Waals surface area (Å²) in [5.74, 6) is 0.126. The van der Waals surface area contributed by atoms with E-state index in [1.807, 2.05) is 0 Å².